The van der Waals surface area contributed by atoms with Crippen LogP contribution in [0.15, 0.2) is 78.9 Å². The van der Waals surface area contributed by atoms with Crippen molar-refractivity contribution in [3.63, 3.8) is 0 Å². The molecule has 3 aromatic rings. The van der Waals surface area contributed by atoms with Crippen LogP contribution in [0.3, 0.4) is 0 Å². The van der Waals surface area contributed by atoms with Crippen LogP contribution >= 0.6 is 0 Å². The lowest BCUT2D eigenvalue weighted by molar-refractivity contribution is -0.125. The zero-order chi connectivity index (χ0) is 18.5. The fraction of sp³-hybridized carbons (Fsp3) is 0.136. The number of benzene rings is 3. The summed E-state index contributed by atoms with van der Waals surface area (Å²) in [6.07, 6.45) is -0.686. The lowest BCUT2D eigenvalue weighted by Crippen LogP contribution is -2.40. The molecule has 3 aromatic carbocycles. The molecular weight excluding hydrogens is 342 g/mol. The minimum absolute atomic E-state index is 0.182. The van der Waals surface area contributed by atoms with E-state index in [1.165, 1.54) is 0 Å². The molecule has 0 aromatic heterocycles. The van der Waals surface area contributed by atoms with Gasteiger partial charge in [-0.3, -0.25) is 4.79 Å². The van der Waals surface area contributed by atoms with E-state index in [1.54, 1.807) is 18.2 Å². The number of hydrogen-bond donors (Lipinski definition) is 1. The zero-order valence-electron chi connectivity index (χ0n) is 14.6. The van der Waals surface area contributed by atoms with Crippen LogP contribution in [-0.4, -0.2) is 18.6 Å². The number of nitrogens with one attached hydrogen (secondary N) is 1. The van der Waals surface area contributed by atoms with Gasteiger partial charge in [-0.05, 0) is 42.0 Å². The van der Waals surface area contributed by atoms with Gasteiger partial charge in [0.1, 0.15) is 19.0 Å². The van der Waals surface area contributed by atoms with Crippen molar-refractivity contribution in [3.05, 3.63) is 84.4 Å². The van der Waals surface area contributed by atoms with E-state index < -0.39 is 6.10 Å². The van der Waals surface area contributed by atoms with Crippen molar-refractivity contribution in [2.24, 2.45) is 0 Å². The van der Waals surface area contributed by atoms with E-state index in [2.05, 4.69) is 5.32 Å². The summed E-state index contributed by atoms with van der Waals surface area (Å²) in [4.78, 5) is 12.4. The Morgan fingerprint density at radius 2 is 1.63 bits per heavy atom. The van der Waals surface area contributed by atoms with Crippen molar-refractivity contribution in [2.45, 2.75) is 12.7 Å². The van der Waals surface area contributed by atoms with E-state index in [4.69, 9.17) is 14.2 Å². The molecule has 5 heteroatoms. The average Bonchev–Trinajstić information content (AvgIpc) is 2.73. The first-order valence-corrected chi connectivity index (χ1v) is 8.74. The van der Waals surface area contributed by atoms with Gasteiger partial charge in [0.15, 0.2) is 11.5 Å². The molecule has 1 heterocycles. The average molecular weight is 361 g/mol. The Labute approximate surface area is 157 Å². The number of fused-ring (bicyclic) bond motifs is 1. The van der Waals surface area contributed by atoms with Crippen LogP contribution in [0, 0.1) is 0 Å². The Kier molecular flexibility index (Phi) is 4.92. The number of ether oxygens (including phenoxy) is 3. The number of hydrogen-bond acceptors (Lipinski definition) is 4. The van der Waals surface area contributed by atoms with Gasteiger partial charge in [0.05, 0.1) is 0 Å². The zero-order valence-corrected chi connectivity index (χ0v) is 14.6. The summed E-state index contributed by atoms with van der Waals surface area (Å²) in [6.45, 7) is 0.681. The normalized spacial score (nSPS) is 15.0. The summed E-state index contributed by atoms with van der Waals surface area (Å²) >= 11 is 0. The van der Waals surface area contributed by atoms with Crippen molar-refractivity contribution >= 4 is 11.6 Å². The predicted octanol–water partition coefficient (Wildman–Crippen LogP) is 4.04. The first-order chi connectivity index (χ1) is 13.3. The van der Waals surface area contributed by atoms with E-state index in [0.717, 1.165) is 11.3 Å². The highest BCUT2D eigenvalue weighted by Gasteiger charge is 2.27. The first kappa shape index (κ1) is 17.0. The molecule has 27 heavy (non-hydrogen) atoms. The van der Waals surface area contributed by atoms with Crippen molar-refractivity contribution in [2.75, 3.05) is 11.9 Å². The third-order valence-corrected chi connectivity index (χ3v) is 4.17. The summed E-state index contributed by atoms with van der Waals surface area (Å²) in [5, 5.41) is 2.84. The number of anilines is 1. The SMILES string of the molecule is O=C(Nc1ccc(OCc2ccccc2)cc1)C1COc2ccccc2O1. The Hall–Kier alpha value is -3.47. The van der Waals surface area contributed by atoms with Crippen molar-refractivity contribution < 1.29 is 19.0 Å². The Morgan fingerprint density at radius 1 is 0.926 bits per heavy atom. The van der Waals surface area contributed by atoms with Gasteiger partial charge in [0.2, 0.25) is 6.10 Å². The monoisotopic (exact) mass is 361 g/mol. The predicted molar refractivity (Wildman–Crippen MR) is 102 cm³/mol. The second kappa shape index (κ2) is 7.83. The molecule has 1 N–H and O–H groups in total. The molecule has 0 spiro atoms. The molecule has 1 atom stereocenters. The van der Waals surface area contributed by atoms with Crippen molar-refractivity contribution in [1.82, 2.24) is 0 Å². The largest absolute Gasteiger partial charge is 0.489 e. The lowest BCUT2D eigenvalue weighted by atomic mass is 10.2. The van der Waals surface area contributed by atoms with Gasteiger partial charge >= 0.3 is 0 Å². The molecule has 1 amide bonds. The third kappa shape index (κ3) is 4.20. The second-order valence-electron chi connectivity index (χ2n) is 6.15. The molecule has 0 fully saturated rings. The van der Waals surface area contributed by atoms with Crippen LogP contribution in [0.2, 0.25) is 0 Å². The Bertz CT molecular complexity index is 909. The highest BCUT2D eigenvalue weighted by atomic mass is 16.6. The number of carbonyl (C=O) groups excluding carboxylic acids is 1. The highest BCUT2D eigenvalue weighted by molar-refractivity contribution is 5.94. The van der Waals surface area contributed by atoms with Gasteiger partial charge in [-0.2, -0.15) is 0 Å². The summed E-state index contributed by atoms with van der Waals surface area (Å²) in [5.74, 6) is 1.72. The van der Waals surface area contributed by atoms with E-state index >= 15 is 0 Å². The highest BCUT2D eigenvalue weighted by Crippen LogP contribution is 2.31. The molecule has 136 valence electrons. The molecule has 1 unspecified atom stereocenters. The Balaban J connectivity index is 1.32. The van der Waals surface area contributed by atoms with Crippen LogP contribution in [0.4, 0.5) is 5.69 Å². The number of amides is 1. The standard InChI is InChI=1S/C22H19NO4/c24-22(21-15-26-19-8-4-5-9-20(19)27-21)23-17-10-12-18(13-11-17)25-14-16-6-2-1-3-7-16/h1-13,21H,14-15H2,(H,23,24). The topological polar surface area (TPSA) is 56.8 Å². The fourth-order valence-corrected chi connectivity index (χ4v) is 2.75. The maximum atomic E-state index is 12.4. The van der Waals surface area contributed by atoms with E-state index in [-0.39, 0.29) is 12.5 Å². The van der Waals surface area contributed by atoms with E-state index in [1.807, 2.05) is 60.7 Å². The number of para-hydroxylation sites is 2. The molecule has 1 aliphatic rings. The maximum Gasteiger partial charge on any atom is 0.269 e. The minimum atomic E-state index is -0.686. The van der Waals surface area contributed by atoms with Gasteiger partial charge < -0.3 is 19.5 Å². The lowest BCUT2D eigenvalue weighted by Gasteiger charge is -2.25. The molecule has 1 aliphatic heterocycles. The summed E-state index contributed by atoms with van der Waals surface area (Å²) in [5.41, 5.74) is 1.78. The molecule has 0 saturated heterocycles. The quantitative estimate of drug-likeness (QED) is 0.745. The van der Waals surface area contributed by atoms with Crippen molar-refractivity contribution in [1.29, 1.82) is 0 Å². The summed E-state index contributed by atoms with van der Waals surface area (Å²) < 4.78 is 17.0. The van der Waals surface area contributed by atoms with Crippen LogP contribution < -0.4 is 19.5 Å². The third-order valence-electron chi connectivity index (χ3n) is 4.17. The van der Waals surface area contributed by atoms with Gasteiger partial charge in [-0.15, -0.1) is 0 Å². The van der Waals surface area contributed by atoms with Gasteiger partial charge in [-0.1, -0.05) is 42.5 Å². The molecule has 0 bridgehead atoms. The summed E-state index contributed by atoms with van der Waals surface area (Å²) in [6, 6.07) is 24.5. The van der Waals surface area contributed by atoms with Crippen LogP contribution in [0.1, 0.15) is 5.56 Å². The van der Waals surface area contributed by atoms with E-state index in [9.17, 15) is 4.79 Å². The smallest absolute Gasteiger partial charge is 0.269 e. The molecule has 0 saturated carbocycles. The van der Waals surface area contributed by atoms with Crippen molar-refractivity contribution in [3.8, 4) is 17.2 Å². The van der Waals surface area contributed by atoms with Crippen LogP contribution in [-0.2, 0) is 11.4 Å². The van der Waals surface area contributed by atoms with Gasteiger partial charge in [0.25, 0.3) is 5.91 Å². The van der Waals surface area contributed by atoms with Gasteiger partial charge in [-0.25, -0.2) is 0 Å². The number of carbonyl (C=O) groups is 1. The Morgan fingerprint density at radius 3 is 2.41 bits per heavy atom. The molecular formula is C22H19NO4. The van der Waals surface area contributed by atoms with Gasteiger partial charge in [0, 0.05) is 5.69 Å². The van der Waals surface area contributed by atoms with Crippen LogP contribution in [0.5, 0.6) is 17.2 Å². The minimum Gasteiger partial charge on any atom is -0.489 e. The molecule has 5 nitrogen and oxygen atoms in total. The fourth-order valence-electron chi connectivity index (χ4n) is 2.75. The molecule has 0 aliphatic carbocycles. The summed E-state index contributed by atoms with van der Waals surface area (Å²) in [7, 11) is 0. The maximum absolute atomic E-state index is 12.4. The molecule has 4 rings (SSSR count). The second-order valence-corrected chi connectivity index (χ2v) is 6.15. The van der Waals surface area contributed by atoms with E-state index in [0.29, 0.717) is 23.8 Å². The number of rotatable bonds is 5. The first-order valence-electron chi connectivity index (χ1n) is 8.74. The van der Waals surface area contributed by atoms with Crippen LogP contribution in [0.25, 0.3) is 0 Å². The molecule has 0 radical (unpaired) electrons.